The lowest BCUT2D eigenvalue weighted by molar-refractivity contribution is 0.0376. The van der Waals surface area contributed by atoms with Crippen molar-refractivity contribution in [1.29, 1.82) is 0 Å². The molecular weight excluding hydrogens is 441 g/mol. The fourth-order valence-corrected chi connectivity index (χ4v) is 2.83. The fraction of sp³-hybridized carbons (Fsp3) is 0.688. The maximum atomic E-state index is 6.00. The van der Waals surface area contributed by atoms with Gasteiger partial charge in [-0.2, -0.15) is 0 Å². The van der Waals surface area contributed by atoms with Gasteiger partial charge in [-0.1, -0.05) is 11.6 Å². The number of hydrogen-bond donors (Lipinski definition) is 2. The van der Waals surface area contributed by atoms with Gasteiger partial charge >= 0.3 is 0 Å². The van der Waals surface area contributed by atoms with Gasteiger partial charge in [0.15, 0.2) is 5.96 Å². The van der Waals surface area contributed by atoms with Crippen LogP contribution in [0.15, 0.2) is 17.3 Å². The lowest BCUT2D eigenvalue weighted by Gasteiger charge is -2.26. The Morgan fingerprint density at radius 1 is 1.33 bits per heavy atom. The van der Waals surface area contributed by atoms with Crippen LogP contribution in [0.5, 0.6) is 0 Å². The van der Waals surface area contributed by atoms with E-state index in [0.717, 1.165) is 69.0 Å². The summed E-state index contributed by atoms with van der Waals surface area (Å²) in [6, 6.07) is 1.95. The van der Waals surface area contributed by atoms with Crippen LogP contribution in [0.25, 0.3) is 0 Å². The summed E-state index contributed by atoms with van der Waals surface area (Å²) < 4.78 is 7.37. The topological polar surface area (TPSA) is 53.8 Å². The van der Waals surface area contributed by atoms with Crippen LogP contribution >= 0.6 is 35.6 Å². The van der Waals surface area contributed by atoms with Crippen LogP contribution < -0.4 is 10.6 Å². The number of nitrogens with one attached hydrogen (secondary N) is 2. The first-order valence-corrected chi connectivity index (χ1v) is 8.70. The largest absolute Gasteiger partial charge is 0.379 e. The second-order valence-corrected chi connectivity index (χ2v) is 6.13. The third kappa shape index (κ3) is 7.58. The molecule has 0 radical (unpaired) electrons. The molecule has 24 heavy (non-hydrogen) atoms. The van der Waals surface area contributed by atoms with E-state index in [4.69, 9.17) is 16.3 Å². The maximum Gasteiger partial charge on any atom is 0.191 e. The number of aryl methyl sites for hydroxylation is 1. The van der Waals surface area contributed by atoms with Crippen molar-refractivity contribution in [2.45, 2.75) is 19.9 Å². The second-order valence-electron chi connectivity index (χ2n) is 5.69. The third-order valence-electron chi connectivity index (χ3n) is 3.87. The summed E-state index contributed by atoms with van der Waals surface area (Å²) >= 11 is 6.00. The Labute approximate surface area is 167 Å². The molecule has 1 aliphatic rings. The Morgan fingerprint density at radius 3 is 2.71 bits per heavy atom. The maximum absolute atomic E-state index is 6.00. The highest BCUT2D eigenvalue weighted by Gasteiger charge is 2.09. The van der Waals surface area contributed by atoms with E-state index < -0.39 is 0 Å². The van der Waals surface area contributed by atoms with Crippen molar-refractivity contribution in [2.75, 3.05) is 45.9 Å². The molecule has 0 spiro atoms. The number of morpholine rings is 1. The number of rotatable bonds is 7. The number of aliphatic imine (C=N–C) groups is 1. The van der Waals surface area contributed by atoms with Gasteiger partial charge in [-0.3, -0.25) is 4.90 Å². The minimum Gasteiger partial charge on any atom is -0.379 e. The van der Waals surface area contributed by atoms with E-state index in [0.29, 0.717) is 6.54 Å². The minimum atomic E-state index is 0. The number of guanidine groups is 1. The quantitative estimate of drug-likeness (QED) is 0.278. The van der Waals surface area contributed by atoms with Crippen LogP contribution in [-0.4, -0.2) is 61.4 Å². The number of ether oxygens (including phenoxy) is 1. The van der Waals surface area contributed by atoms with Gasteiger partial charge in [-0.25, -0.2) is 4.99 Å². The average Bonchev–Trinajstić information content (AvgIpc) is 2.87. The molecular formula is C16H29ClIN5O. The molecule has 2 rings (SSSR count). The Hall–Kier alpha value is -0.510. The van der Waals surface area contributed by atoms with Gasteiger partial charge in [0.05, 0.1) is 24.8 Å². The summed E-state index contributed by atoms with van der Waals surface area (Å²) in [6.07, 6.45) is 3.00. The summed E-state index contributed by atoms with van der Waals surface area (Å²) in [5.74, 6) is 0.854. The lowest BCUT2D eigenvalue weighted by atomic mass is 10.3. The van der Waals surface area contributed by atoms with Crippen LogP contribution in [0.3, 0.4) is 0 Å². The highest BCUT2D eigenvalue weighted by atomic mass is 127. The smallest absolute Gasteiger partial charge is 0.191 e. The summed E-state index contributed by atoms with van der Waals surface area (Å²) in [5.41, 5.74) is 1.10. The van der Waals surface area contributed by atoms with Crippen molar-refractivity contribution in [3.8, 4) is 0 Å². The van der Waals surface area contributed by atoms with Crippen molar-refractivity contribution in [3.63, 3.8) is 0 Å². The molecule has 0 unspecified atom stereocenters. The molecule has 1 aromatic rings. The van der Waals surface area contributed by atoms with Gasteiger partial charge in [-0.15, -0.1) is 24.0 Å². The summed E-state index contributed by atoms with van der Waals surface area (Å²) in [4.78, 5) is 7.07. The van der Waals surface area contributed by atoms with Crippen molar-refractivity contribution >= 4 is 41.5 Å². The highest BCUT2D eigenvalue weighted by Crippen LogP contribution is 2.13. The van der Waals surface area contributed by atoms with Crippen molar-refractivity contribution in [2.24, 2.45) is 12.0 Å². The zero-order chi connectivity index (χ0) is 16.5. The molecule has 8 heteroatoms. The van der Waals surface area contributed by atoms with E-state index in [1.54, 1.807) is 0 Å². The Morgan fingerprint density at radius 2 is 2.08 bits per heavy atom. The predicted octanol–water partition coefficient (Wildman–Crippen LogP) is 2.07. The van der Waals surface area contributed by atoms with E-state index in [2.05, 4.69) is 27.4 Å². The standard InChI is InChI=1S/C16H28ClN5O.HI/c1-3-18-16(20-12-15-11-14(17)13-21(15)2)19-5-4-6-22-7-9-23-10-8-22;/h11,13H,3-10,12H2,1-2H3,(H2,18,19,20);1H. The van der Waals surface area contributed by atoms with Crippen LogP contribution in [0.1, 0.15) is 19.0 Å². The lowest BCUT2D eigenvalue weighted by Crippen LogP contribution is -2.40. The average molecular weight is 470 g/mol. The van der Waals surface area contributed by atoms with Crippen LogP contribution in [0, 0.1) is 0 Å². The molecule has 1 fully saturated rings. The fourth-order valence-electron chi connectivity index (χ4n) is 2.56. The van der Waals surface area contributed by atoms with Gasteiger partial charge in [-0.05, 0) is 26.0 Å². The Balaban J connectivity index is 0.00000288. The van der Waals surface area contributed by atoms with E-state index >= 15 is 0 Å². The van der Waals surface area contributed by atoms with E-state index in [1.807, 2.05) is 23.9 Å². The normalized spacial score (nSPS) is 15.9. The molecule has 138 valence electrons. The molecule has 0 bridgehead atoms. The first kappa shape index (κ1) is 21.5. The molecule has 0 aromatic carbocycles. The molecule has 6 nitrogen and oxygen atoms in total. The summed E-state index contributed by atoms with van der Waals surface area (Å²) in [6.45, 7) is 9.36. The minimum absolute atomic E-state index is 0. The van der Waals surface area contributed by atoms with E-state index in [9.17, 15) is 0 Å². The van der Waals surface area contributed by atoms with Gasteiger partial charge in [0.2, 0.25) is 0 Å². The Kier molecular flexibility index (Phi) is 10.7. The molecule has 0 saturated carbocycles. The Bertz CT molecular complexity index is 503. The molecule has 1 aromatic heterocycles. The van der Waals surface area contributed by atoms with Gasteiger partial charge in [0.1, 0.15) is 0 Å². The second kappa shape index (κ2) is 11.9. The monoisotopic (exact) mass is 469 g/mol. The van der Waals surface area contributed by atoms with Crippen LogP contribution in [0.4, 0.5) is 0 Å². The SMILES string of the molecule is CCNC(=NCc1cc(Cl)cn1C)NCCCN1CCOCC1.I. The van der Waals surface area contributed by atoms with Crippen molar-refractivity contribution in [3.05, 3.63) is 23.0 Å². The van der Waals surface area contributed by atoms with E-state index in [1.165, 1.54) is 0 Å². The third-order valence-corrected chi connectivity index (χ3v) is 4.07. The summed E-state index contributed by atoms with van der Waals surface area (Å²) in [5, 5.41) is 7.43. The zero-order valence-corrected chi connectivity index (χ0v) is 17.6. The van der Waals surface area contributed by atoms with Gasteiger partial charge in [0, 0.05) is 45.1 Å². The highest BCUT2D eigenvalue weighted by molar-refractivity contribution is 14.0. The number of aromatic nitrogens is 1. The van der Waals surface area contributed by atoms with Crippen LogP contribution in [-0.2, 0) is 18.3 Å². The summed E-state index contributed by atoms with van der Waals surface area (Å²) in [7, 11) is 1.99. The zero-order valence-electron chi connectivity index (χ0n) is 14.6. The molecule has 0 atom stereocenters. The molecule has 2 heterocycles. The predicted molar refractivity (Wildman–Crippen MR) is 111 cm³/mol. The molecule has 2 N–H and O–H groups in total. The number of nitrogens with zero attached hydrogens (tertiary/aromatic N) is 3. The number of hydrogen-bond acceptors (Lipinski definition) is 3. The first-order valence-electron chi connectivity index (χ1n) is 8.32. The molecule has 0 amide bonds. The van der Waals surface area contributed by atoms with Crippen LogP contribution in [0.2, 0.25) is 5.02 Å². The van der Waals surface area contributed by atoms with Gasteiger partial charge < -0.3 is 19.9 Å². The molecule has 1 aliphatic heterocycles. The van der Waals surface area contributed by atoms with Crippen molar-refractivity contribution in [1.82, 2.24) is 20.1 Å². The first-order chi connectivity index (χ1) is 11.2. The molecule has 1 saturated heterocycles. The van der Waals surface area contributed by atoms with Crippen molar-refractivity contribution < 1.29 is 4.74 Å². The number of halogens is 2. The van der Waals surface area contributed by atoms with E-state index in [-0.39, 0.29) is 24.0 Å². The molecule has 0 aliphatic carbocycles. The van der Waals surface area contributed by atoms with Gasteiger partial charge in [0.25, 0.3) is 0 Å².